The first-order valence-corrected chi connectivity index (χ1v) is 12.2. The summed E-state index contributed by atoms with van der Waals surface area (Å²) in [6.07, 6.45) is 4.73. The Morgan fingerprint density at radius 1 is 0.941 bits per heavy atom. The first-order chi connectivity index (χ1) is 16.6. The van der Waals surface area contributed by atoms with E-state index in [-0.39, 0.29) is 23.8 Å². The SMILES string of the molecule is O=C(O)c1ccc2nc(C(=O)COc3ccc(SCCCCCc4ccccc4)cc3)[nH]c2c1. The molecule has 1 heterocycles. The number of H-pyrrole nitrogens is 1. The zero-order chi connectivity index (χ0) is 23.8. The summed E-state index contributed by atoms with van der Waals surface area (Å²) in [6.45, 7) is -0.153. The van der Waals surface area contributed by atoms with Gasteiger partial charge in [0.1, 0.15) is 5.75 Å². The number of Topliss-reactive ketones (excluding diaryl/α,β-unsaturated/α-hetero) is 1. The predicted molar refractivity (Wildman–Crippen MR) is 134 cm³/mol. The summed E-state index contributed by atoms with van der Waals surface area (Å²) in [4.78, 5) is 31.8. The molecule has 4 rings (SSSR count). The van der Waals surface area contributed by atoms with Gasteiger partial charge >= 0.3 is 5.97 Å². The molecule has 0 atom stereocenters. The van der Waals surface area contributed by atoms with Gasteiger partial charge in [-0.3, -0.25) is 4.79 Å². The van der Waals surface area contributed by atoms with Crippen molar-refractivity contribution in [3.63, 3.8) is 0 Å². The number of ketones is 1. The number of nitrogens with zero attached hydrogens (tertiary/aromatic N) is 1. The van der Waals surface area contributed by atoms with Gasteiger partial charge in [0.15, 0.2) is 12.4 Å². The number of thioether (sulfide) groups is 1. The highest BCUT2D eigenvalue weighted by Gasteiger charge is 2.14. The van der Waals surface area contributed by atoms with Gasteiger partial charge in [-0.1, -0.05) is 36.8 Å². The third-order valence-corrected chi connectivity index (χ3v) is 6.51. The minimum Gasteiger partial charge on any atom is -0.485 e. The summed E-state index contributed by atoms with van der Waals surface area (Å²) in [5.41, 5.74) is 2.58. The number of fused-ring (bicyclic) bond motifs is 1. The molecule has 0 unspecified atom stereocenters. The number of aromatic amines is 1. The average molecular weight is 475 g/mol. The lowest BCUT2D eigenvalue weighted by Gasteiger charge is -2.06. The summed E-state index contributed by atoms with van der Waals surface area (Å²) in [5.74, 6) is 0.504. The van der Waals surface area contributed by atoms with Crippen LogP contribution in [0.1, 0.15) is 45.8 Å². The molecule has 2 N–H and O–H groups in total. The van der Waals surface area contributed by atoms with Crippen molar-refractivity contribution in [2.75, 3.05) is 12.4 Å². The molecule has 0 saturated carbocycles. The highest BCUT2D eigenvalue weighted by molar-refractivity contribution is 7.99. The van der Waals surface area contributed by atoms with Crippen molar-refractivity contribution in [1.82, 2.24) is 9.97 Å². The minimum absolute atomic E-state index is 0.136. The molecule has 174 valence electrons. The second-order valence-electron chi connectivity index (χ2n) is 7.95. The highest BCUT2D eigenvalue weighted by atomic mass is 32.2. The van der Waals surface area contributed by atoms with E-state index in [1.54, 1.807) is 6.07 Å². The van der Waals surface area contributed by atoms with Gasteiger partial charge in [0.05, 0.1) is 16.6 Å². The molecule has 4 aromatic rings. The van der Waals surface area contributed by atoms with Crippen LogP contribution in [0.4, 0.5) is 0 Å². The number of carbonyl (C=O) groups excluding carboxylic acids is 1. The van der Waals surface area contributed by atoms with E-state index in [9.17, 15) is 9.59 Å². The standard InChI is InChI=1S/C27H26N2O4S/c30-25(26-28-23-15-10-20(27(31)32)17-24(23)29-26)18-33-21-11-13-22(14-12-21)34-16-6-2-5-9-19-7-3-1-4-8-19/h1,3-4,7-8,10-15,17H,2,5-6,9,16,18H2,(H,28,29)(H,31,32). The van der Waals surface area contributed by atoms with Gasteiger partial charge in [0, 0.05) is 4.90 Å². The Morgan fingerprint density at radius 3 is 2.50 bits per heavy atom. The van der Waals surface area contributed by atoms with Gasteiger partial charge in [-0.05, 0) is 73.0 Å². The summed E-state index contributed by atoms with van der Waals surface area (Å²) in [6, 6.07) is 22.8. The molecule has 0 saturated heterocycles. The molecule has 0 fully saturated rings. The Kier molecular flexibility index (Phi) is 7.99. The van der Waals surface area contributed by atoms with Crippen LogP contribution in [-0.2, 0) is 6.42 Å². The molecule has 0 spiro atoms. The van der Waals surface area contributed by atoms with Gasteiger partial charge in [-0.15, -0.1) is 11.8 Å². The normalized spacial score (nSPS) is 10.9. The number of hydrogen-bond donors (Lipinski definition) is 2. The third kappa shape index (κ3) is 6.48. The number of hydrogen-bond acceptors (Lipinski definition) is 5. The summed E-state index contributed by atoms with van der Waals surface area (Å²) < 4.78 is 5.62. The highest BCUT2D eigenvalue weighted by Crippen LogP contribution is 2.23. The van der Waals surface area contributed by atoms with Crippen LogP contribution in [0.5, 0.6) is 5.75 Å². The van der Waals surface area contributed by atoms with Crippen LogP contribution < -0.4 is 4.74 Å². The van der Waals surface area contributed by atoms with Crippen LogP contribution in [0.2, 0.25) is 0 Å². The molecule has 6 nitrogen and oxygen atoms in total. The zero-order valence-electron chi connectivity index (χ0n) is 18.7. The number of aromatic carboxylic acids is 1. The van der Waals surface area contributed by atoms with Crippen molar-refractivity contribution in [1.29, 1.82) is 0 Å². The number of nitrogens with one attached hydrogen (secondary N) is 1. The minimum atomic E-state index is -1.03. The summed E-state index contributed by atoms with van der Waals surface area (Å²) in [7, 11) is 0. The van der Waals surface area contributed by atoms with E-state index in [2.05, 4.69) is 40.3 Å². The maximum absolute atomic E-state index is 12.5. The number of benzene rings is 3. The number of aromatic nitrogens is 2. The molecule has 0 radical (unpaired) electrons. The van der Waals surface area contributed by atoms with Crippen LogP contribution in [0.25, 0.3) is 11.0 Å². The Bertz CT molecular complexity index is 1250. The molecular weight excluding hydrogens is 448 g/mol. The Hall–Kier alpha value is -3.58. The quantitative estimate of drug-likeness (QED) is 0.148. The van der Waals surface area contributed by atoms with Gasteiger partial charge in [-0.25, -0.2) is 9.78 Å². The van der Waals surface area contributed by atoms with Gasteiger partial charge in [-0.2, -0.15) is 0 Å². The summed E-state index contributed by atoms with van der Waals surface area (Å²) >= 11 is 1.82. The van der Waals surface area contributed by atoms with Gasteiger partial charge < -0.3 is 14.8 Å². The second-order valence-corrected chi connectivity index (χ2v) is 9.12. The fourth-order valence-electron chi connectivity index (χ4n) is 3.57. The van der Waals surface area contributed by atoms with E-state index in [0.29, 0.717) is 16.8 Å². The molecule has 1 aromatic heterocycles. The van der Waals surface area contributed by atoms with Crippen LogP contribution in [0.15, 0.2) is 77.7 Å². The number of aryl methyl sites for hydroxylation is 1. The van der Waals surface area contributed by atoms with E-state index < -0.39 is 5.97 Å². The third-order valence-electron chi connectivity index (χ3n) is 5.41. The predicted octanol–water partition coefficient (Wildman–Crippen LogP) is 6.03. The lowest BCUT2D eigenvalue weighted by molar-refractivity contribution is 0.0696. The fraction of sp³-hybridized carbons (Fsp3) is 0.222. The Labute approximate surface area is 202 Å². The van der Waals surface area contributed by atoms with E-state index in [0.717, 1.165) is 12.2 Å². The molecular formula is C27H26N2O4S. The number of carboxylic acid groups (broad SMARTS) is 1. The maximum Gasteiger partial charge on any atom is 0.335 e. The largest absolute Gasteiger partial charge is 0.485 e. The average Bonchev–Trinajstić information content (AvgIpc) is 3.29. The van der Waals surface area contributed by atoms with Crippen molar-refractivity contribution in [2.24, 2.45) is 0 Å². The Morgan fingerprint density at radius 2 is 1.74 bits per heavy atom. The number of rotatable bonds is 12. The smallest absolute Gasteiger partial charge is 0.335 e. The molecule has 0 bridgehead atoms. The molecule has 34 heavy (non-hydrogen) atoms. The summed E-state index contributed by atoms with van der Waals surface area (Å²) in [5, 5.41) is 9.09. The van der Waals surface area contributed by atoms with Crippen LogP contribution in [0, 0.1) is 0 Å². The first-order valence-electron chi connectivity index (χ1n) is 11.2. The number of ether oxygens (including phenoxy) is 1. The van der Waals surface area contributed by atoms with Crippen molar-refractivity contribution in [3.05, 3.63) is 89.7 Å². The fourth-order valence-corrected chi connectivity index (χ4v) is 4.48. The van der Waals surface area contributed by atoms with Crippen LogP contribution in [-0.4, -0.2) is 39.2 Å². The molecule has 0 amide bonds. The molecule has 0 aliphatic heterocycles. The molecule has 7 heteroatoms. The van der Waals surface area contributed by atoms with Gasteiger partial charge in [0.25, 0.3) is 0 Å². The van der Waals surface area contributed by atoms with E-state index in [1.165, 1.54) is 41.9 Å². The van der Waals surface area contributed by atoms with E-state index in [4.69, 9.17) is 9.84 Å². The number of carbonyl (C=O) groups is 2. The zero-order valence-corrected chi connectivity index (χ0v) is 19.5. The van der Waals surface area contributed by atoms with Crippen molar-refractivity contribution in [3.8, 4) is 5.75 Å². The lowest BCUT2D eigenvalue weighted by atomic mass is 10.1. The number of imidazole rings is 1. The first kappa shape index (κ1) is 23.6. The van der Waals surface area contributed by atoms with E-state index in [1.807, 2.05) is 36.0 Å². The number of unbranched alkanes of at least 4 members (excludes halogenated alkanes) is 2. The van der Waals surface area contributed by atoms with Crippen LogP contribution >= 0.6 is 11.8 Å². The molecule has 0 aliphatic rings. The molecule has 3 aromatic carbocycles. The molecule has 0 aliphatic carbocycles. The second kappa shape index (κ2) is 11.5. The van der Waals surface area contributed by atoms with Crippen LogP contribution in [0.3, 0.4) is 0 Å². The Balaban J connectivity index is 1.19. The monoisotopic (exact) mass is 474 g/mol. The maximum atomic E-state index is 12.5. The van der Waals surface area contributed by atoms with E-state index >= 15 is 0 Å². The van der Waals surface area contributed by atoms with Gasteiger partial charge in [0.2, 0.25) is 5.78 Å². The lowest BCUT2D eigenvalue weighted by Crippen LogP contribution is -2.13. The van der Waals surface area contributed by atoms with Crippen molar-refractivity contribution >= 4 is 34.5 Å². The topological polar surface area (TPSA) is 92.3 Å². The van der Waals surface area contributed by atoms with Crippen molar-refractivity contribution in [2.45, 2.75) is 30.6 Å². The number of carboxylic acids is 1. The van der Waals surface area contributed by atoms with Crippen molar-refractivity contribution < 1.29 is 19.4 Å².